The Morgan fingerprint density at radius 1 is 1.28 bits per heavy atom. The molecule has 1 aliphatic heterocycles. The van der Waals surface area contributed by atoms with E-state index in [2.05, 4.69) is 38.1 Å². The number of hydrogen-bond acceptors (Lipinski definition) is 4. The van der Waals surface area contributed by atoms with Crippen molar-refractivity contribution in [2.75, 3.05) is 19.6 Å². The van der Waals surface area contributed by atoms with E-state index >= 15 is 0 Å². The maximum absolute atomic E-state index is 13.5. The summed E-state index contributed by atoms with van der Waals surface area (Å²) in [5, 5.41) is 8.31. The maximum Gasteiger partial charge on any atom is 0.254 e. The lowest BCUT2D eigenvalue weighted by molar-refractivity contribution is -0.126. The smallest absolute Gasteiger partial charge is 0.254 e. The van der Waals surface area contributed by atoms with Crippen molar-refractivity contribution < 1.29 is 9.59 Å². The standard InChI is InChI=1S/C22H33N5O2/c1-13(2)11-23-21(28)16-8-7-9-27(12-16)22(29)17-10-18(14(3)4)24-20-19(17)15(5)25-26(20)6/h10,13-14,16H,7-9,11-12H2,1-6H3,(H,23,28)/t16-/m1/s1. The second kappa shape index (κ2) is 8.51. The van der Waals surface area contributed by atoms with Gasteiger partial charge in [-0.1, -0.05) is 27.7 Å². The number of piperidine rings is 1. The molecule has 7 heteroatoms. The van der Waals surface area contributed by atoms with Gasteiger partial charge in [-0.3, -0.25) is 14.3 Å². The number of carbonyl (C=O) groups excluding carboxylic acids is 2. The summed E-state index contributed by atoms with van der Waals surface area (Å²) in [6.45, 7) is 12.0. The first-order chi connectivity index (χ1) is 13.7. The van der Waals surface area contributed by atoms with E-state index in [1.54, 1.807) is 4.68 Å². The number of likely N-dealkylation sites (tertiary alicyclic amines) is 1. The lowest BCUT2D eigenvalue weighted by Crippen LogP contribution is -2.46. The predicted molar refractivity (Wildman–Crippen MR) is 114 cm³/mol. The van der Waals surface area contributed by atoms with Crippen molar-refractivity contribution in [1.82, 2.24) is 25.0 Å². The molecule has 2 aromatic rings. The van der Waals surface area contributed by atoms with Crippen molar-refractivity contribution in [2.45, 2.75) is 53.4 Å². The second-order valence-electron chi connectivity index (χ2n) is 8.89. The molecule has 0 unspecified atom stereocenters. The van der Waals surface area contributed by atoms with Crippen LogP contribution in [0.4, 0.5) is 0 Å². The molecule has 0 spiro atoms. The third-order valence-corrected chi connectivity index (χ3v) is 5.57. The number of carbonyl (C=O) groups is 2. The van der Waals surface area contributed by atoms with Crippen LogP contribution < -0.4 is 5.32 Å². The number of hydrogen-bond donors (Lipinski definition) is 1. The molecule has 3 heterocycles. The summed E-state index contributed by atoms with van der Waals surface area (Å²) < 4.78 is 1.74. The van der Waals surface area contributed by atoms with Gasteiger partial charge in [0.2, 0.25) is 5.91 Å². The van der Waals surface area contributed by atoms with Crippen LogP contribution in [-0.2, 0) is 11.8 Å². The zero-order chi connectivity index (χ0) is 21.3. The number of aryl methyl sites for hydroxylation is 2. The van der Waals surface area contributed by atoms with Crippen LogP contribution in [0.1, 0.15) is 68.2 Å². The molecule has 0 aromatic carbocycles. The van der Waals surface area contributed by atoms with Crippen molar-refractivity contribution >= 4 is 22.8 Å². The molecular weight excluding hydrogens is 366 g/mol. The molecule has 2 aromatic heterocycles. The van der Waals surface area contributed by atoms with Gasteiger partial charge in [0.25, 0.3) is 5.91 Å². The Bertz CT molecular complexity index is 916. The molecule has 0 aliphatic carbocycles. The summed E-state index contributed by atoms with van der Waals surface area (Å²) in [4.78, 5) is 32.6. The number of nitrogens with one attached hydrogen (secondary N) is 1. The second-order valence-corrected chi connectivity index (χ2v) is 8.89. The summed E-state index contributed by atoms with van der Waals surface area (Å²) >= 11 is 0. The SMILES string of the molecule is Cc1nn(C)c2nc(C(C)C)cc(C(=O)N3CCC[C@@H](C(=O)NCC(C)C)C3)c12. The third-order valence-electron chi connectivity index (χ3n) is 5.57. The van der Waals surface area contributed by atoms with Crippen LogP contribution in [0.5, 0.6) is 0 Å². The highest BCUT2D eigenvalue weighted by Crippen LogP contribution is 2.27. The lowest BCUT2D eigenvalue weighted by atomic mass is 9.95. The van der Waals surface area contributed by atoms with Gasteiger partial charge in [0, 0.05) is 32.4 Å². The first-order valence-electron chi connectivity index (χ1n) is 10.6. The predicted octanol–water partition coefficient (Wildman–Crippen LogP) is 3.02. The van der Waals surface area contributed by atoms with E-state index in [4.69, 9.17) is 4.98 Å². The molecule has 1 fully saturated rings. The molecular formula is C22H33N5O2. The third kappa shape index (κ3) is 4.43. The van der Waals surface area contributed by atoms with E-state index in [0.717, 1.165) is 35.3 Å². The molecule has 1 N–H and O–H groups in total. The Hall–Kier alpha value is -2.44. The summed E-state index contributed by atoms with van der Waals surface area (Å²) in [5.41, 5.74) is 3.07. The average Bonchev–Trinajstić information content (AvgIpc) is 2.98. The first kappa shape index (κ1) is 21.3. The molecule has 0 radical (unpaired) electrons. The highest BCUT2D eigenvalue weighted by Gasteiger charge is 2.30. The molecule has 7 nitrogen and oxygen atoms in total. The summed E-state index contributed by atoms with van der Waals surface area (Å²) in [5.74, 6) is 0.488. The van der Waals surface area contributed by atoms with Crippen LogP contribution in [0.3, 0.4) is 0 Å². The summed E-state index contributed by atoms with van der Waals surface area (Å²) in [7, 11) is 1.86. The number of amides is 2. The topological polar surface area (TPSA) is 80.1 Å². The van der Waals surface area contributed by atoms with Crippen LogP contribution in [0.15, 0.2) is 6.07 Å². The van der Waals surface area contributed by atoms with E-state index in [-0.39, 0.29) is 23.7 Å². The Balaban J connectivity index is 1.89. The van der Waals surface area contributed by atoms with E-state index in [1.807, 2.05) is 24.9 Å². The molecule has 1 aliphatic rings. The fraction of sp³-hybridized carbons (Fsp3) is 0.636. The van der Waals surface area contributed by atoms with E-state index in [0.29, 0.717) is 31.1 Å². The van der Waals surface area contributed by atoms with E-state index in [9.17, 15) is 9.59 Å². The van der Waals surface area contributed by atoms with Crippen molar-refractivity contribution in [2.24, 2.45) is 18.9 Å². The van der Waals surface area contributed by atoms with Crippen LogP contribution in [-0.4, -0.2) is 51.1 Å². The number of nitrogens with zero attached hydrogens (tertiary/aromatic N) is 4. The summed E-state index contributed by atoms with van der Waals surface area (Å²) in [6.07, 6.45) is 1.66. The van der Waals surface area contributed by atoms with Crippen molar-refractivity contribution in [3.05, 3.63) is 23.0 Å². The monoisotopic (exact) mass is 399 g/mol. The largest absolute Gasteiger partial charge is 0.356 e. The normalized spacial score (nSPS) is 17.4. The van der Waals surface area contributed by atoms with Crippen LogP contribution in [0.25, 0.3) is 11.0 Å². The highest BCUT2D eigenvalue weighted by molar-refractivity contribution is 6.06. The quantitative estimate of drug-likeness (QED) is 0.838. The van der Waals surface area contributed by atoms with Gasteiger partial charge in [-0.05, 0) is 37.7 Å². The minimum Gasteiger partial charge on any atom is -0.356 e. The number of rotatable bonds is 5. The Morgan fingerprint density at radius 3 is 2.66 bits per heavy atom. The van der Waals surface area contributed by atoms with E-state index < -0.39 is 0 Å². The van der Waals surface area contributed by atoms with Crippen LogP contribution in [0.2, 0.25) is 0 Å². The molecule has 0 bridgehead atoms. The van der Waals surface area contributed by atoms with Gasteiger partial charge >= 0.3 is 0 Å². The molecule has 0 saturated carbocycles. The maximum atomic E-state index is 13.5. The van der Waals surface area contributed by atoms with Gasteiger partial charge in [-0.25, -0.2) is 4.98 Å². The van der Waals surface area contributed by atoms with Gasteiger partial charge in [-0.2, -0.15) is 5.10 Å². The minimum absolute atomic E-state index is 0.0308. The lowest BCUT2D eigenvalue weighted by Gasteiger charge is -2.32. The number of fused-ring (bicyclic) bond motifs is 1. The minimum atomic E-state index is -0.150. The molecule has 29 heavy (non-hydrogen) atoms. The van der Waals surface area contributed by atoms with Gasteiger partial charge < -0.3 is 10.2 Å². The number of aromatic nitrogens is 3. The Kier molecular flexibility index (Phi) is 6.24. The molecule has 1 saturated heterocycles. The Labute approximate surface area is 172 Å². The average molecular weight is 400 g/mol. The molecule has 158 valence electrons. The molecule has 3 rings (SSSR count). The summed E-state index contributed by atoms with van der Waals surface area (Å²) in [6, 6.07) is 1.91. The van der Waals surface area contributed by atoms with Gasteiger partial charge in [0.05, 0.1) is 22.6 Å². The zero-order valence-corrected chi connectivity index (χ0v) is 18.5. The molecule has 1 atom stereocenters. The molecule has 2 amide bonds. The zero-order valence-electron chi connectivity index (χ0n) is 18.5. The fourth-order valence-electron chi connectivity index (χ4n) is 3.92. The van der Waals surface area contributed by atoms with Gasteiger partial charge in [0.1, 0.15) is 0 Å². The van der Waals surface area contributed by atoms with Gasteiger partial charge in [-0.15, -0.1) is 0 Å². The van der Waals surface area contributed by atoms with Crippen molar-refractivity contribution in [1.29, 1.82) is 0 Å². The first-order valence-corrected chi connectivity index (χ1v) is 10.6. The van der Waals surface area contributed by atoms with Crippen molar-refractivity contribution in [3.63, 3.8) is 0 Å². The van der Waals surface area contributed by atoms with Crippen LogP contribution in [0, 0.1) is 18.8 Å². The number of pyridine rings is 1. The fourth-order valence-corrected chi connectivity index (χ4v) is 3.92. The van der Waals surface area contributed by atoms with Crippen molar-refractivity contribution in [3.8, 4) is 0 Å². The van der Waals surface area contributed by atoms with E-state index in [1.165, 1.54) is 0 Å². The van der Waals surface area contributed by atoms with Gasteiger partial charge in [0.15, 0.2) is 5.65 Å². The highest BCUT2D eigenvalue weighted by atomic mass is 16.2. The Morgan fingerprint density at radius 2 is 2.00 bits per heavy atom. The van der Waals surface area contributed by atoms with Crippen LogP contribution >= 0.6 is 0 Å².